The van der Waals surface area contributed by atoms with Crippen molar-refractivity contribution in [2.24, 2.45) is 23.5 Å². The lowest BCUT2D eigenvalue weighted by molar-refractivity contribution is -0.131. The summed E-state index contributed by atoms with van der Waals surface area (Å²) < 4.78 is 0. The van der Waals surface area contributed by atoms with Crippen LogP contribution in [0, 0.1) is 17.8 Å². The van der Waals surface area contributed by atoms with Crippen molar-refractivity contribution >= 4 is 40.9 Å². The van der Waals surface area contributed by atoms with Crippen LogP contribution in [-0.2, 0) is 30.6 Å². The van der Waals surface area contributed by atoms with Crippen LogP contribution in [0.4, 0.5) is 10.5 Å². The highest BCUT2D eigenvalue weighted by atomic mass is 16.3. The molecule has 224 valence electrons. The third-order valence-corrected chi connectivity index (χ3v) is 7.08. The minimum Gasteiger partial charge on any atom is -0.392 e. The summed E-state index contributed by atoms with van der Waals surface area (Å²) in [5.74, 6) is -2.74. The third-order valence-electron chi connectivity index (χ3n) is 7.08. The molecule has 1 aromatic rings. The first-order valence-corrected chi connectivity index (χ1v) is 14.1. The summed E-state index contributed by atoms with van der Waals surface area (Å²) in [6.07, 6.45) is 5.79. The van der Waals surface area contributed by atoms with E-state index in [0.717, 1.165) is 0 Å². The van der Waals surface area contributed by atoms with Crippen molar-refractivity contribution in [1.29, 1.82) is 0 Å². The normalized spacial score (nSPS) is 14.6. The van der Waals surface area contributed by atoms with Crippen molar-refractivity contribution in [3.8, 4) is 0 Å². The Labute approximate surface area is 240 Å². The van der Waals surface area contributed by atoms with Crippen molar-refractivity contribution in [1.82, 2.24) is 10.6 Å². The number of Topliss-reactive ketones (excluding diaryl/α,β-unsaturated/α-hetero) is 1. The molecule has 11 heteroatoms. The van der Waals surface area contributed by atoms with E-state index in [1.54, 1.807) is 24.3 Å². The molecular formula is C30H42N4O7. The number of rotatable bonds is 18. The Morgan fingerprint density at radius 1 is 0.951 bits per heavy atom. The van der Waals surface area contributed by atoms with Crippen LogP contribution in [0.15, 0.2) is 36.4 Å². The molecule has 0 heterocycles. The van der Waals surface area contributed by atoms with Gasteiger partial charge in [-0.25, -0.2) is 4.79 Å². The summed E-state index contributed by atoms with van der Waals surface area (Å²) in [5.41, 5.74) is 6.33. The second kappa shape index (κ2) is 17.1. The first-order valence-electron chi connectivity index (χ1n) is 14.1. The number of anilines is 1. The number of benzene rings is 1. The molecule has 0 saturated carbocycles. The van der Waals surface area contributed by atoms with Gasteiger partial charge in [-0.15, -0.1) is 0 Å². The molecule has 0 fully saturated rings. The van der Waals surface area contributed by atoms with Gasteiger partial charge in [-0.2, -0.15) is 0 Å². The summed E-state index contributed by atoms with van der Waals surface area (Å²) >= 11 is 0. The molecular weight excluding hydrogens is 528 g/mol. The van der Waals surface area contributed by atoms with Gasteiger partial charge < -0.3 is 26.8 Å². The lowest BCUT2D eigenvalue weighted by Crippen LogP contribution is -2.45. The maximum atomic E-state index is 13.3. The molecule has 0 saturated heterocycles. The van der Waals surface area contributed by atoms with Gasteiger partial charge in [0.15, 0.2) is 17.3 Å². The number of allylic oxidation sites excluding steroid dienone is 2. The Hall–Kier alpha value is -3.86. The van der Waals surface area contributed by atoms with Crippen LogP contribution in [0.25, 0.3) is 0 Å². The van der Waals surface area contributed by atoms with E-state index in [9.17, 15) is 33.9 Å². The molecule has 0 aromatic heterocycles. The minimum atomic E-state index is -0.773. The number of nitrogens with two attached hydrogens (primary N) is 1. The summed E-state index contributed by atoms with van der Waals surface area (Å²) in [5, 5.41) is 17.3. The molecule has 4 amide bonds. The smallest absolute Gasteiger partial charge is 0.312 e. The number of carbonyl (C=O) groups is 6. The van der Waals surface area contributed by atoms with Gasteiger partial charge in [0.2, 0.25) is 11.8 Å². The summed E-state index contributed by atoms with van der Waals surface area (Å²) in [6, 6.07) is 5.24. The molecule has 2 atom stereocenters. The van der Waals surface area contributed by atoms with Crippen LogP contribution in [0.1, 0.15) is 70.8 Å². The van der Waals surface area contributed by atoms with Crippen LogP contribution in [0.2, 0.25) is 0 Å². The van der Waals surface area contributed by atoms with E-state index >= 15 is 0 Å². The Kier molecular flexibility index (Phi) is 13.9. The van der Waals surface area contributed by atoms with E-state index in [1.165, 1.54) is 12.2 Å². The number of primary amides is 1. The molecule has 6 N–H and O–H groups in total. The number of urea groups is 1. The summed E-state index contributed by atoms with van der Waals surface area (Å²) in [7, 11) is 0. The van der Waals surface area contributed by atoms with Crippen LogP contribution >= 0.6 is 0 Å². The number of amides is 4. The van der Waals surface area contributed by atoms with Crippen molar-refractivity contribution in [3.63, 3.8) is 0 Å². The number of ketones is 3. The van der Waals surface area contributed by atoms with Crippen molar-refractivity contribution < 1.29 is 33.9 Å². The second-order valence-corrected chi connectivity index (χ2v) is 10.7. The average molecular weight is 571 g/mol. The van der Waals surface area contributed by atoms with E-state index in [0.29, 0.717) is 49.8 Å². The molecule has 1 aromatic carbocycles. The van der Waals surface area contributed by atoms with Gasteiger partial charge in [0, 0.05) is 31.0 Å². The number of aliphatic hydroxyl groups is 1. The lowest BCUT2D eigenvalue weighted by Gasteiger charge is -2.24. The van der Waals surface area contributed by atoms with Gasteiger partial charge in [-0.1, -0.05) is 38.8 Å². The molecule has 0 unspecified atom stereocenters. The molecule has 0 aliphatic heterocycles. The van der Waals surface area contributed by atoms with E-state index < -0.39 is 23.9 Å². The van der Waals surface area contributed by atoms with Gasteiger partial charge >= 0.3 is 6.03 Å². The van der Waals surface area contributed by atoms with E-state index in [-0.39, 0.29) is 61.1 Å². The predicted octanol–water partition coefficient (Wildman–Crippen LogP) is 2.56. The monoisotopic (exact) mass is 570 g/mol. The van der Waals surface area contributed by atoms with Crippen molar-refractivity contribution in [2.75, 3.05) is 11.9 Å². The largest absolute Gasteiger partial charge is 0.392 e. The number of unbranched alkanes of at least 4 members (excludes halogenated alkanes) is 2. The number of hydrogen-bond acceptors (Lipinski definition) is 7. The molecule has 2 rings (SSSR count). The standard InChI is InChI=1S/C30H42N4O7/c1-19(2)28(34-27(39)9-5-3-4-8-23-24(36)14-15-25(23)37)26(38)17-21(7-6-16-32-30(31)41)29(40)33-22-12-10-20(18-35)11-13-22/h10-15,19,21,23,28,35H,3-9,16-18H2,1-2H3,(H,33,40)(H,34,39)(H3,31,32,41)/t21-,28+/m1/s1. The Bertz CT molecular complexity index is 1100. The quantitative estimate of drug-likeness (QED) is 0.133. The van der Waals surface area contributed by atoms with Crippen molar-refractivity contribution in [3.05, 3.63) is 42.0 Å². The van der Waals surface area contributed by atoms with Crippen LogP contribution in [0.3, 0.4) is 0 Å². The second-order valence-electron chi connectivity index (χ2n) is 10.7. The molecule has 0 bridgehead atoms. The van der Waals surface area contributed by atoms with Gasteiger partial charge in [0.1, 0.15) is 0 Å². The summed E-state index contributed by atoms with van der Waals surface area (Å²) in [6.45, 7) is 3.77. The highest BCUT2D eigenvalue weighted by Crippen LogP contribution is 2.21. The van der Waals surface area contributed by atoms with Gasteiger partial charge in [0.25, 0.3) is 0 Å². The average Bonchev–Trinajstić information content (AvgIpc) is 3.25. The fraction of sp³-hybridized carbons (Fsp3) is 0.533. The van der Waals surface area contributed by atoms with Gasteiger partial charge in [0.05, 0.1) is 18.6 Å². The molecule has 41 heavy (non-hydrogen) atoms. The highest BCUT2D eigenvalue weighted by molar-refractivity contribution is 6.18. The fourth-order valence-corrected chi connectivity index (χ4v) is 4.69. The fourth-order valence-electron chi connectivity index (χ4n) is 4.69. The molecule has 11 nitrogen and oxygen atoms in total. The Morgan fingerprint density at radius 2 is 1.61 bits per heavy atom. The third kappa shape index (κ3) is 11.6. The molecule has 1 aliphatic rings. The maximum Gasteiger partial charge on any atom is 0.312 e. The zero-order valence-electron chi connectivity index (χ0n) is 23.8. The minimum absolute atomic E-state index is 0.0995. The number of aliphatic hydroxyl groups excluding tert-OH is 1. The summed E-state index contributed by atoms with van der Waals surface area (Å²) in [4.78, 5) is 73.4. The van der Waals surface area contributed by atoms with Crippen LogP contribution in [0.5, 0.6) is 0 Å². The Balaban J connectivity index is 1.92. The number of carbonyl (C=O) groups excluding carboxylic acids is 6. The molecule has 1 aliphatic carbocycles. The zero-order chi connectivity index (χ0) is 30.4. The first-order chi connectivity index (χ1) is 19.5. The van der Waals surface area contributed by atoms with E-state index in [1.807, 2.05) is 13.8 Å². The van der Waals surface area contributed by atoms with E-state index in [4.69, 9.17) is 5.73 Å². The van der Waals surface area contributed by atoms with E-state index in [2.05, 4.69) is 16.0 Å². The molecule has 0 spiro atoms. The lowest BCUT2D eigenvalue weighted by atomic mass is 9.89. The first kappa shape index (κ1) is 33.3. The van der Waals surface area contributed by atoms with Crippen LogP contribution in [-0.4, -0.2) is 52.9 Å². The van der Waals surface area contributed by atoms with Gasteiger partial charge in [-0.05, 0) is 61.4 Å². The predicted molar refractivity (Wildman–Crippen MR) is 153 cm³/mol. The van der Waals surface area contributed by atoms with Crippen LogP contribution < -0.4 is 21.7 Å². The topological polar surface area (TPSA) is 185 Å². The Morgan fingerprint density at radius 3 is 2.20 bits per heavy atom. The number of nitrogens with one attached hydrogen (secondary N) is 3. The van der Waals surface area contributed by atoms with Crippen molar-refractivity contribution in [2.45, 2.75) is 77.9 Å². The number of hydrogen-bond donors (Lipinski definition) is 5. The maximum absolute atomic E-state index is 13.3. The zero-order valence-corrected chi connectivity index (χ0v) is 23.8. The van der Waals surface area contributed by atoms with Gasteiger partial charge in [-0.3, -0.25) is 24.0 Å². The highest BCUT2D eigenvalue weighted by Gasteiger charge is 2.30. The molecule has 0 radical (unpaired) electrons. The SMILES string of the molecule is CC(C)[C@H](NC(=O)CCCCCC1C(=O)C=CC1=O)C(=O)C[C@@H](CCCNC(N)=O)C(=O)Nc1ccc(CO)cc1.